The van der Waals surface area contributed by atoms with Gasteiger partial charge in [0.25, 0.3) is 0 Å². The van der Waals surface area contributed by atoms with Crippen molar-refractivity contribution in [3.63, 3.8) is 0 Å². The van der Waals surface area contributed by atoms with Gasteiger partial charge in [-0.1, -0.05) is 11.6 Å². The molecule has 7 heteroatoms. The van der Waals surface area contributed by atoms with Crippen LogP contribution in [0.1, 0.15) is 27.7 Å². The summed E-state index contributed by atoms with van der Waals surface area (Å²) in [6, 6.07) is 1.04. The third kappa shape index (κ3) is 3.44. The molecular weight excluding hydrogens is 286 g/mol. The Morgan fingerprint density at radius 1 is 1.16 bits per heavy atom. The molecule has 1 rings (SSSR count). The van der Waals surface area contributed by atoms with Gasteiger partial charge in [-0.05, 0) is 27.7 Å². The smallest absolute Gasteiger partial charge is 0.338 e. The molecule has 0 aliphatic carbocycles. The van der Waals surface area contributed by atoms with Gasteiger partial charge in [0.2, 0.25) is 0 Å². The van der Waals surface area contributed by atoms with Gasteiger partial charge in [-0.25, -0.2) is 0 Å². The first kappa shape index (κ1) is 16.3. The van der Waals surface area contributed by atoms with Crippen molar-refractivity contribution < 1.29 is 20.0 Å². The molecule has 3 N–H and O–H groups in total. The predicted octanol–water partition coefficient (Wildman–Crippen LogP) is 2.20. The van der Waals surface area contributed by atoms with E-state index in [1.807, 2.05) is 27.7 Å². The van der Waals surface area contributed by atoms with Crippen LogP contribution < -0.4 is 5.46 Å². The fraction of sp³-hybridized carbons (Fsp3) is 0.500. The maximum absolute atomic E-state index is 9.78. The van der Waals surface area contributed by atoms with Crippen LogP contribution in [0.25, 0.3) is 0 Å². The number of benzene rings is 1. The summed E-state index contributed by atoms with van der Waals surface area (Å²) >= 11 is 10.1. The average molecular weight is 304 g/mol. The molecule has 4 nitrogen and oxygen atoms in total. The largest absolute Gasteiger partial charge is 0.508 e. The maximum atomic E-state index is 9.78. The zero-order chi connectivity index (χ0) is 15.0. The molecule has 105 valence electrons. The first-order valence-electron chi connectivity index (χ1n) is 5.64. The number of rotatable bonds is 4. The van der Waals surface area contributed by atoms with Gasteiger partial charge >= 0.3 is 7.48 Å². The lowest BCUT2D eigenvalue weighted by atomic mass is 9.82. The van der Waals surface area contributed by atoms with Crippen LogP contribution in [0.15, 0.2) is 6.07 Å². The number of halogens is 1. The highest BCUT2D eigenvalue weighted by molar-refractivity contribution is 7.81. The van der Waals surface area contributed by atoms with Gasteiger partial charge in [-0.15, -0.1) is 0 Å². The number of thiol groups is 1. The van der Waals surface area contributed by atoms with Crippen LogP contribution >= 0.6 is 24.2 Å². The van der Waals surface area contributed by atoms with Crippen LogP contribution in [0.4, 0.5) is 0 Å². The summed E-state index contributed by atoms with van der Waals surface area (Å²) in [6.07, 6.45) is 0. The Hall–Kier alpha value is -0.715. The molecule has 0 spiro atoms. The molecule has 0 heterocycles. The fourth-order valence-corrected chi connectivity index (χ4v) is 1.31. The van der Waals surface area contributed by atoms with E-state index in [1.165, 1.54) is 7.48 Å². The molecule has 1 aromatic carbocycles. The summed E-state index contributed by atoms with van der Waals surface area (Å²) in [4.78, 5) is 0. The number of aromatic hydroxyl groups is 3. The average Bonchev–Trinajstić information content (AvgIpc) is 2.24. The topological polar surface area (TPSA) is 69.9 Å². The van der Waals surface area contributed by atoms with E-state index in [4.69, 9.17) is 16.3 Å². The molecule has 0 fully saturated rings. The van der Waals surface area contributed by atoms with Gasteiger partial charge in [0.05, 0.1) is 5.60 Å². The highest BCUT2D eigenvalue weighted by Gasteiger charge is 2.35. The van der Waals surface area contributed by atoms with Gasteiger partial charge in [0, 0.05) is 16.3 Å². The second kappa shape index (κ2) is 5.35. The van der Waals surface area contributed by atoms with Gasteiger partial charge in [-0.3, -0.25) is 0 Å². The van der Waals surface area contributed by atoms with E-state index < -0.39 is 21.8 Å². The molecule has 0 atom stereocenters. The van der Waals surface area contributed by atoms with E-state index in [2.05, 4.69) is 12.6 Å². The summed E-state index contributed by atoms with van der Waals surface area (Å²) in [5, 5.41) is 28.6. The minimum absolute atomic E-state index is 0.00783. The Kier molecular flexibility index (Phi) is 4.60. The number of phenolic OH excluding ortho intramolecular Hbond substituents is 3. The molecule has 1 radical (unpaired) electrons. The molecule has 0 aliphatic rings. The van der Waals surface area contributed by atoms with Crippen LogP contribution in [-0.2, 0) is 4.65 Å². The minimum Gasteiger partial charge on any atom is -0.508 e. The van der Waals surface area contributed by atoms with E-state index in [0.717, 1.165) is 6.07 Å². The zero-order valence-corrected chi connectivity index (χ0v) is 12.9. The minimum atomic E-state index is -0.653. The summed E-state index contributed by atoms with van der Waals surface area (Å²) in [5.41, 5.74) is -0.646. The monoisotopic (exact) mass is 303 g/mol. The van der Waals surface area contributed by atoms with Crippen molar-refractivity contribution >= 4 is 37.2 Å². The molecule has 0 unspecified atom stereocenters. The lowest BCUT2D eigenvalue weighted by Gasteiger charge is -2.38. The molecule has 19 heavy (non-hydrogen) atoms. The molecule has 0 saturated carbocycles. The highest BCUT2D eigenvalue weighted by atomic mass is 35.5. The third-order valence-electron chi connectivity index (χ3n) is 3.18. The van der Waals surface area contributed by atoms with Crippen molar-refractivity contribution in [2.45, 2.75) is 38.0 Å². The second-order valence-electron chi connectivity index (χ2n) is 5.30. The Labute approximate surface area is 124 Å². The van der Waals surface area contributed by atoms with Crippen molar-refractivity contribution in [2.24, 2.45) is 0 Å². The normalized spacial score (nSPS) is 12.5. The first-order valence-corrected chi connectivity index (χ1v) is 6.46. The quantitative estimate of drug-likeness (QED) is 0.508. The fourth-order valence-electron chi connectivity index (χ4n) is 1.10. The highest BCUT2D eigenvalue weighted by Crippen LogP contribution is 2.35. The van der Waals surface area contributed by atoms with Crippen molar-refractivity contribution in [1.29, 1.82) is 0 Å². The van der Waals surface area contributed by atoms with Gasteiger partial charge in [-0.2, -0.15) is 12.6 Å². The standard InChI is InChI=1S/C12H17BClO4S/c1-11(2,12(3,4)19)18-13-8-6(15)5-7(16)9(14)10(8)17/h5,15-17,19H,1-4H3. The third-order valence-corrected chi connectivity index (χ3v) is 4.09. The Balaban J connectivity index is 3.00. The van der Waals surface area contributed by atoms with Gasteiger partial charge in [0.1, 0.15) is 22.3 Å². The number of hydrogen-bond acceptors (Lipinski definition) is 5. The molecular formula is C12H17BClO4S. The molecule has 0 amide bonds. The maximum Gasteiger partial charge on any atom is 0.338 e. The number of phenols is 3. The first-order chi connectivity index (χ1) is 8.47. The SMILES string of the molecule is CC(C)(S)C(C)(C)O[B]c1c(O)cc(O)c(Cl)c1O. The summed E-state index contributed by atoms with van der Waals surface area (Å²) in [7, 11) is 1.20. The Morgan fingerprint density at radius 3 is 2.16 bits per heavy atom. The van der Waals surface area contributed by atoms with Gasteiger partial charge in [0.15, 0.2) is 0 Å². The molecule has 0 aliphatic heterocycles. The van der Waals surface area contributed by atoms with Crippen LogP contribution in [0.3, 0.4) is 0 Å². The van der Waals surface area contributed by atoms with E-state index in [1.54, 1.807) is 0 Å². The molecule has 0 bridgehead atoms. The molecule has 1 aromatic rings. The van der Waals surface area contributed by atoms with E-state index in [0.29, 0.717) is 0 Å². The van der Waals surface area contributed by atoms with E-state index >= 15 is 0 Å². The van der Waals surface area contributed by atoms with Crippen molar-refractivity contribution in [3.05, 3.63) is 11.1 Å². The Morgan fingerprint density at radius 2 is 1.68 bits per heavy atom. The zero-order valence-electron chi connectivity index (χ0n) is 11.2. The van der Waals surface area contributed by atoms with Crippen LogP contribution in [0.5, 0.6) is 17.2 Å². The number of hydrogen-bond donors (Lipinski definition) is 4. The summed E-state index contributed by atoms with van der Waals surface area (Å²) < 4.78 is 5.13. The van der Waals surface area contributed by atoms with Crippen LogP contribution in [0, 0.1) is 0 Å². The summed E-state index contributed by atoms with van der Waals surface area (Å²) in [5.74, 6) is -1.17. The predicted molar refractivity (Wildman–Crippen MR) is 80.1 cm³/mol. The van der Waals surface area contributed by atoms with Crippen molar-refractivity contribution in [1.82, 2.24) is 0 Å². The van der Waals surface area contributed by atoms with Gasteiger partial charge < -0.3 is 20.0 Å². The van der Waals surface area contributed by atoms with Crippen LogP contribution in [-0.4, -0.2) is 33.1 Å². The second-order valence-corrected chi connectivity index (χ2v) is 6.79. The lowest BCUT2D eigenvalue weighted by Crippen LogP contribution is -2.45. The van der Waals surface area contributed by atoms with E-state index in [9.17, 15) is 15.3 Å². The van der Waals surface area contributed by atoms with Crippen molar-refractivity contribution in [2.75, 3.05) is 0 Å². The van der Waals surface area contributed by atoms with Crippen molar-refractivity contribution in [3.8, 4) is 17.2 Å². The lowest BCUT2D eigenvalue weighted by molar-refractivity contribution is 0.0853. The van der Waals surface area contributed by atoms with Crippen LogP contribution in [0.2, 0.25) is 5.02 Å². The Bertz CT molecular complexity index is 486. The van der Waals surface area contributed by atoms with E-state index in [-0.39, 0.29) is 16.2 Å². The summed E-state index contributed by atoms with van der Waals surface area (Å²) in [6.45, 7) is 7.42. The molecule has 0 aromatic heterocycles. The molecule has 0 saturated heterocycles.